The number of fused-ring (bicyclic) bond motifs is 4. The number of thioether (sulfide) groups is 1. The summed E-state index contributed by atoms with van der Waals surface area (Å²) in [6.07, 6.45) is 10.8. The molecule has 0 unspecified atom stereocenters. The van der Waals surface area contributed by atoms with Crippen LogP contribution in [0.15, 0.2) is 9.82 Å². The molecule has 7 nitrogen and oxygen atoms in total. The van der Waals surface area contributed by atoms with Crippen LogP contribution in [0.1, 0.15) is 70.5 Å². The summed E-state index contributed by atoms with van der Waals surface area (Å²) in [5.74, 6) is 0.909. The molecule has 0 saturated heterocycles. The van der Waals surface area contributed by atoms with Crippen molar-refractivity contribution in [3.63, 3.8) is 0 Å². The number of ether oxygens (including phenoxy) is 1. The van der Waals surface area contributed by atoms with Gasteiger partial charge in [0.05, 0.1) is 7.11 Å². The van der Waals surface area contributed by atoms with Gasteiger partial charge in [-0.3, -0.25) is 9.36 Å². The van der Waals surface area contributed by atoms with Crippen LogP contribution in [0.2, 0.25) is 0 Å². The average molecular weight is 419 g/mol. The number of esters is 1. The maximum atomic E-state index is 12.5. The Hall–Kier alpha value is -1.83. The first-order chi connectivity index (χ1) is 14.0. The summed E-state index contributed by atoms with van der Waals surface area (Å²) in [6.45, 7) is 2.69. The zero-order valence-corrected chi connectivity index (χ0v) is 18.4. The summed E-state index contributed by atoms with van der Waals surface area (Å²) in [4.78, 5) is 36.9. The van der Waals surface area contributed by atoms with Gasteiger partial charge in [0.1, 0.15) is 16.4 Å². The number of aryl methyl sites for hydroxylation is 1. The van der Waals surface area contributed by atoms with E-state index >= 15 is 0 Å². The Morgan fingerprint density at radius 2 is 1.90 bits per heavy atom. The van der Waals surface area contributed by atoms with Gasteiger partial charge in [-0.2, -0.15) is 4.98 Å². The Kier molecular flexibility index (Phi) is 5.48. The van der Waals surface area contributed by atoms with Crippen molar-refractivity contribution in [1.82, 2.24) is 19.5 Å². The van der Waals surface area contributed by atoms with Crippen LogP contribution >= 0.6 is 11.8 Å². The Morgan fingerprint density at radius 3 is 2.48 bits per heavy atom. The molecule has 3 aliphatic carbocycles. The van der Waals surface area contributed by atoms with Gasteiger partial charge in [-0.15, -0.1) is 11.8 Å². The number of hydrogen-bond acceptors (Lipinski definition) is 6. The highest BCUT2D eigenvalue weighted by atomic mass is 32.2. The predicted molar refractivity (Wildman–Crippen MR) is 113 cm³/mol. The summed E-state index contributed by atoms with van der Waals surface area (Å²) in [7, 11) is 1.46. The van der Waals surface area contributed by atoms with Crippen molar-refractivity contribution >= 4 is 28.9 Å². The van der Waals surface area contributed by atoms with E-state index in [4.69, 9.17) is 9.72 Å². The molecule has 0 spiro atoms. The minimum atomic E-state index is -0.214. The lowest BCUT2D eigenvalue weighted by molar-refractivity contribution is -0.141. The SMILES string of the molecule is CCCn1c(=O)nc(SC)c2[nH]c(C34CCC(CCC(=O)OC)(CC3)CC4)nc21. The maximum absolute atomic E-state index is 12.5. The number of methoxy groups -OCH3 is 1. The van der Waals surface area contributed by atoms with E-state index in [2.05, 4.69) is 16.9 Å². The number of imidazole rings is 1. The van der Waals surface area contributed by atoms with Gasteiger partial charge >= 0.3 is 11.7 Å². The molecule has 0 amide bonds. The Balaban J connectivity index is 1.64. The van der Waals surface area contributed by atoms with E-state index in [1.54, 1.807) is 4.57 Å². The summed E-state index contributed by atoms with van der Waals surface area (Å²) >= 11 is 1.49. The van der Waals surface area contributed by atoms with Crippen LogP contribution in [0.5, 0.6) is 0 Å². The molecule has 3 fully saturated rings. The molecule has 5 rings (SSSR count). The van der Waals surface area contributed by atoms with E-state index < -0.39 is 0 Å². The molecule has 2 bridgehead atoms. The van der Waals surface area contributed by atoms with Crippen LogP contribution in [0, 0.1) is 5.41 Å². The molecule has 2 aromatic heterocycles. The van der Waals surface area contributed by atoms with Crippen molar-refractivity contribution in [3.8, 4) is 0 Å². The van der Waals surface area contributed by atoms with Gasteiger partial charge in [0.2, 0.25) is 0 Å². The number of aromatic nitrogens is 4. The fourth-order valence-electron chi connectivity index (χ4n) is 5.29. The first kappa shape index (κ1) is 20.4. The van der Waals surface area contributed by atoms with Crippen molar-refractivity contribution in [3.05, 3.63) is 16.3 Å². The fraction of sp³-hybridized carbons (Fsp3) is 0.714. The number of rotatable bonds is 7. The molecule has 3 aliphatic rings. The van der Waals surface area contributed by atoms with Gasteiger partial charge < -0.3 is 9.72 Å². The highest BCUT2D eigenvalue weighted by molar-refractivity contribution is 7.98. The van der Waals surface area contributed by atoms with Crippen LogP contribution < -0.4 is 5.69 Å². The summed E-state index contributed by atoms with van der Waals surface area (Å²) in [5.41, 5.74) is 1.75. The lowest BCUT2D eigenvalue weighted by Gasteiger charge is -2.52. The number of nitrogens with one attached hydrogen (secondary N) is 1. The number of nitrogens with zero attached hydrogens (tertiary/aromatic N) is 3. The summed E-state index contributed by atoms with van der Waals surface area (Å²) < 4.78 is 6.55. The van der Waals surface area contributed by atoms with Crippen LogP contribution in [-0.2, 0) is 21.5 Å². The summed E-state index contributed by atoms with van der Waals surface area (Å²) in [5, 5.41) is 0.728. The van der Waals surface area contributed by atoms with Crippen molar-refractivity contribution in [1.29, 1.82) is 0 Å². The van der Waals surface area contributed by atoms with Gasteiger partial charge in [0.15, 0.2) is 5.65 Å². The number of H-pyrrole nitrogens is 1. The van der Waals surface area contributed by atoms with Gasteiger partial charge in [0, 0.05) is 18.4 Å². The number of hydrogen-bond donors (Lipinski definition) is 1. The highest BCUT2D eigenvalue weighted by Crippen LogP contribution is 2.59. The molecule has 8 heteroatoms. The highest BCUT2D eigenvalue weighted by Gasteiger charge is 2.50. The number of aromatic amines is 1. The summed E-state index contributed by atoms with van der Waals surface area (Å²) in [6, 6.07) is 0. The van der Waals surface area contributed by atoms with Gasteiger partial charge in [0.25, 0.3) is 0 Å². The lowest BCUT2D eigenvalue weighted by Crippen LogP contribution is -2.45. The van der Waals surface area contributed by atoms with Crippen molar-refractivity contribution < 1.29 is 9.53 Å². The third-order valence-electron chi connectivity index (χ3n) is 7.21. The molecule has 2 aromatic rings. The third kappa shape index (κ3) is 3.49. The van der Waals surface area contributed by atoms with Crippen LogP contribution in [0.25, 0.3) is 11.2 Å². The Labute approximate surface area is 175 Å². The van der Waals surface area contributed by atoms with Gasteiger partial charge in [-0.05, 0) is 63.0 Å². The third-order valence-corrected chi connectivity index (χ3v) is 7.90. The second-order valence-corrected chi connectivity index (χ2v) is 9.49. The molecule has 158 valence electrons. The van der Waals surface area contributed by atoms with E-state index in [1.165, 1.54) is 18.9 Å². The first-order valence-electron chi connectivity index (χ1n) is 10.6. The van der Waals surface area contributed by atoms with Crippen LogP contribution in [-0.4, -0.2) is 38.9 Å². The fourth-order valence-corrected chi connectivity index (χ4v) is 5.80. The zero-order valence-electron chi connectivity index (χ0n) is 17.5. The van der Waals surface area contributed by atoms with Crippen LogP contribution in [0.4, 0.5) is 0 Å². The minimum absolute atomic E-state index is 0.0504. The molecule has 29 heavy (non-hydrogen) atoms. The molecule has 1 N–H and O–H groups in total. The molecule has 0 aliphatic heterocycles. The lowest BCUT2D eigenvalue weighted by atomic mass is 9.52. The largest absolute Gasteiger partial charge is 0.469 e. The molecular formula is C21H30N4O3S. The van der Waals surface area contributed by atoms with E-state index in [1.807, 2.05) is 6.26 Å². The topological polar surface area (TPSA) is 89.9 Å². The van der Waals surface area contributed by atoms with Crippen molar-refractivity contribution in [2.45, 2.75) is 81.7 Å². The van der Waals surface area contributed by atoms with E-state index in [9.17, 15) is 9.59 Å². The van der Waals surface area contributed by atoms with Crippen molar-refractivity contribution in [2.75, 3.05) is 13.4 Å². The second kappa shape index (κ2) is 7.78. The van der Waals surface area contributed by atoms with Crippen molar-refractivity contribution in [2.24, 2.45) is 5.41 Å². The van der Waals surface area contributed by atoms with Crippen LogP contribution in [0.3, 0.4) is 0 Å². The first-order valence-corrected chi connectivity index (χ1v) is 11.8. The normalized spacial score (nSPS) is 26.2. The maximum Gasteiger partial charge on any atom is 0.350 e. The monoisotopic (exact) mass is 418 g/mol. The Morgan fingerprint density at radius 1 is 1.21 bits per heavy atom. The van der Waals surface area contributed by atoms with Gasteiger partial charge in [-0.1, -0.05) is 6.92 Å². The van der Waals surface area contributed by atoms with E-state index in [0.717, 1.165) is 73.4 Å². The van der Waals surface area contributed by atoms with Gasteiger partial charge in [-0.25, -0.2) is 9.78 Å². The average Bonchev–Trinajstić information content (AvgIpc) is 3.21. The van der Waals surface area contributed by atoms with E-state index in [-0.39, 0.29) is 22.5 Å². The Bertz CT molecular complexity index is 956. The number of carbonyl (C=O) groups is 1. The molecule has 0 atom stereocenters. The minimum Gasteiger partial charge on any atom is -0.469 e. The second-order valence-electron chi connectivity index (χ2n) is 8.70. The molecular weight excluding hydrogens is 388 g/mol. The standard InChI is InChI=1S/C21H30N4O3S/c1-4-13-25-16-15(17(29-3)24-19(25)27)22-18(23-16)21-10-7-20(8-11-21,9-12-21)6-5-14(26)28-2/h4-13H2,1-3H3,(H,22,23). The molecule has 0 aromatic carbocycles. The molecule has 2 heterocycles. The number of carbonyl (C=O) groups excluding carboxylic acids is 1. The molecule has 3 saturated carbocycles. The van der Waals surface area contributed by atoms with E-state index in [0.29, 0.717) is 13.0 Å². The predicted octanol–water partition coefficient (Wildman–Crippen LogP) is 3.80. The molecule has 0 radical (unpaired) electrons. The smallest absolute Gasteiger partial charge is 0.350 e. The quantitative estimate of drug-likeness (QED) is 0.418. The zero-order chi connectivity index (χ0) is 20.6.